The molecular formula is C27H26Cl2N4O4. The molecule has 0 bridgehead atoms. The highest BCUT2D eigenvalue weighted by Gasteiger charge is 2.54. The highest BCUT2D eigenvalue weighted by Crippen LogP contribution is 2.39. The molecule has 0 atom stereocenters. The van der Waals surface area contributed by atoms with Crippen molar-refractivity contribution >= 4 is 46.6 Å². The van der Waals surface area contributed by atoms with Crippen molar-refractivity contribution in [2.45, 2.75) is 24.9 Å². The molecule has 3 heterocycles. The van der Waals surface area contributed by atoms with Gasteiger partial charge < -0.3 is 24.4 Å². The summed E-state index contributed by atoms with van der Waals surface area (Å²) < 4.78 is 5.26. The van der Waals surface area contributed by atoms with Gasteiger partial charge in [-0.2, -0.15) is 0 Å². The first-order chi connectivity index (χ1) is 17.9. The van der Waals surface area contributed by atoms with Crippen LogP contribution in [0.15, 0.2) is 71.3 Å². The molecule has 5 rings (SSSR count). The fourth-order valence-electron chi connectivity index (χ4n) is 5.04. The zero-order valence-corrected chi connectivity index (χ0v) is 21.5. The summed E-state index contributed by atoms with van der Waals surface area (Å²) in [6.45, 7) is 1.28. The molecule has 0 aliphatic carbocycles. The molecule has 1 N–H and O–H groups in total. The SMILES string of the molecule is O=C(CN1CN(c2ccccc2)C2(CCN(C(=O)c3ccc(Cl)c(Cl)c3)CC2)C1=O)NCc1ccco1. The first kappa shape index (κ1) is 25.2. The number of halogens is 2. The summed E-state index contributed by atoms with van der Waals surface area (Å²) >= 11 is 12.1. The standard InChI is InChI=1S/C27H26Cl2N4O4/c28-22-9-8-19(15-23(22)29)25(35)31-12-10-27(11-13-31)26(36)32(18-33(27)20-5-2-1-3-6-20)17-24(34)30-16-21-7-4-14-37-21/h1-9,14-15H,10-13,16-18H2,(H,30,34). The molecule has 8 nitrogen and oxygen atoms in total. The Balaban J connectivity index is 1.31. The number of furan rings is 1. The molecule has 2 aromatic carbocycles. The number of carbonyl (C=O) groups excluding carboxylic acids is 3. The van der Waals surface area contributed by atoms with Crippen molar-refractivity contribution in [2.24, 2.45) is 0 Å². The number of piperidine rings is 1. The van der Waals surface area contributed by atoms with Crippen LogP contribution in [0.1, 0.15) is 29.0 Å². The van der Waals surface area contributed by atoms with E-state index in [9.17, 15) is 14.4 Å². The summed E-state index contributed by atoms with van der Waals surface area (Å²) in [6.07, 6.45) is 2.43. The molecule has 0 radical (unpaired) electrons. The van der Waals surface area contributed by atoms with Gasteiger partial charge in [-0.15, -0.1) is 0 Å². The van der Waals surface area contributed by atoms with Crippen LogP contribution in [-0.2, 0) is 16.1 Å². The zero-order chi connectivity index (χ0) is 26.0. The monoisotopic (exact) mass is 540 g/mol. The maximum absolute atomic E-state index is 13.8. The molecular weight excluding hydrogens is 515 g/mol. The van der Waals surface area contributed by atoms with Gasteiger partial charge in [0.1, 0.15) is 17.8 Å². The summed E-state index contributed by atoms with van der Waals surface area (Å²) in [5.74, 6) is 0.120. The van der Waals surface area contributed by atoms with Crippen molar-refractivity contribution in [3.8, 4) is 0 Å². The van der Waals surface area contributed by atoms with Crippen LogP contribution >= 0.6 is 23.2 Å². The van der Waals surface area contributed by atoms with Crippen LogP contribution in [0.2, 0.25) is 10.0 Å². The Labute approximate surface area is 224 Å². The quantitative estimate of drug-likeness (QED) is 0.506. The number of nitrogens with zero attached hydrogens (tertiary/aromatic N) is 3. The van der Waals surface area contributed by atoms with Crippen molar-refractivity contribution in [3.05, 3.63) is 88.3 Å². The second-order valence-electron chi connectivity index (χ2n) is 9.22. The van der Waals surface area contributed by atoms with E-state index in [0.29, 0.717) is 47.3 Å². The van der Waals surface area contributed by atoms with Crippen molar-refractivity contribution in [1.82, 2.24) is 15.1 Å². The van der Waals surface area contributed by atoms with Crippen LogP contribution in [0, 0.1) is 0 Å². The summed E-state index contributed by atoms with van der Waals surface area (Å²) in [7, 11) is 0. The number of hydrogen-bond acceptors (Lipinski definition) is 5. The molecule has 1 spiro atoms. The lowest BCUT2D eigenvalue weighted by atomic mass is 9.85. The van der Waals surface area contributed by atoms with E-state index in [1.165, 1.54) is 0 Å². The fraction of sp³-hybridized carbons (Fsp3) is 0.296. The number of nitrogens with one attached hydrogen (secondary N) is 1. The van der Waals surface area contributed by atoms with E-state index in [-0.39, 0.29) is 37.5 Å². The van der Waals surface area contributed by atoms with Gasteiger partial charge in [0.15, 0.2) is 0 Å². The summed E-state index contributed by atoms with van der Waals surface area (Å²) in [4.78, 5) is 45.0. The first-order valence-corrected chi connectivity index (χ1v) is 12.8. The van der Waals surface area contributed by atoms with Gasteiger partial charge in [-0.25, -0.2) is 0 Å². The van der Waals surface area contributed by atoms with Crippen LogP contribution in [0.4, 0.5) is 5.69 Å². The van der Waals surface area contributed by atoms with Crippen LogP contribution in [0.3, 0.4) is 0 Å². The van der Waals surface area contributed by atoms with E-state index in [4.69, 9.17) is 27.6 Å². The topological polar surface area (TPSA) is 86.1 Å². The predicted molar refractivity (Wildman–Crippen MR) is 140 cm³/mol. The van der Waals surface area contributed by atoms with E-state index < -0.39 is 5.54 Å². The maximum atomic E-state index is 13.8. The predicted octanol–water partition coefficient (Wildman–Crippen LogP) is 4.18. The molecule has 37 heavy (non-hydrogen) atoms. The third kappa shape index (κ3) is 5.04. The smallest absolute Gasteiger partial charge is 0.253 e. The van der Waals surface area contributed by atoms with E-state index in [2.05, 4.69) is 10.2 Å². The van der Waals surface area contributed by atoms with Gasteiger partial charge in [-0.05, 0) is 55.3 Å². The minimum Gasteiger partial charge on any atom is -0.467 e. The largest absolute Gasteiger partial charge is 0.467 e. The Hall–Kier alpha value is -3.49. The van der Waals surface area contributed by atoms with Crippen LogP contribution in [0.5, 0.6) is 0 Å². The maximum Gasteiger partial charge on any atom is 0.253 e. The molecule has 1 aromatic heterocycles. The minimum atomic E-state index is -0.836. The van der Waals surface area contributed by atoms with E-state index >= 15 is 0 Å². The van der Waals surface area contributed by atoms with Gasteiger partial charge in [0.05, 0.1) is 29.5 Å². The lowest BCUT2D eigenvalue weighted by molar-refractivity contribution is -0.137. The molecule has 192 valence electrons. The summed E-state index contributed by atoms with van der Waals surface area (Å²) in [6, 6.07) is 18.1. The van der Waals surface area contributed by atoms with Crippen LogP contribution in [-0.4, -0.2) is 59.4 Å². The highest BCUT2D eigenvalue weighted by molar-refractivity contribution is 6.42. The van der Waals surface area contributed by atoms with Crippen molar-refractivity contribution in [1.29, 1.82) is 0 Å². The molecule has 3 amide bonds. The minimum absolute atomic E-state index is 0.0590. The third-order valence-corrected chi connectivity index (χ3v) is 7.74. The number of amides is 3. The number of anilines is 1. The Morgan fingerprint density at radius 2 is 1.73 bits per heavy atom. The zero-order valence-electron chi connectivity index (χ0n) is 20.0. The normalized spacial score (nSPS) is 16.9. The third-order valence-electron chi connectivity index (χ3n) is 7.00. The van der Waals surface area contributed by atoms with E-state index in [1.807, 2.05) is 30.3 Å². The average Bonchev–Trinajstić information content (AvgIpc) is 3.53. The van der Waals surface area contributed by atoms with Gasteiger partial charge in [0, 0.05) is 24.3 Å². The fourth-order valence-corrected chi connectivity index (χ4v) is 5.34. The molecule has 0 saturated carbocycles. The number of likely N-dealkylation sites (tertiary alicyclic amines) is 1. The number of rotatable bonds is 6. The Kier molecular flexibility index (Phi) is 7.13. The van der Waals surface area contributed by atoms with Crippen LogP contribution in [0.25, 0.3) is 0 Å². The highest BCUT2D eigenvalue weighted by atomic mass is 35.5. The van der Waals surface area contributed by atoms with Gasteiger partial charge in [-0.3, -0.25) is 14.4 Å². The van der Waals surface area contributed by atoms with Crippen molar-refractivity contribution in [2.75, 3.05) is 31.2 Å². The van der Waals surface area contributed by atoms with E-state index in [1.54, 1.807) is 46.4 Å². The molecule has 3 aromatic rings. The van der Waals surface area contributed by atoms with Gasteiger partial charge in [0.2, 0.25) is 5.91 Å². The molecule has 2 aliphatic rings. The molecule has 2 fully saturated rings. The summed E-state index contributed by atoms with van der Waals surface area (Å²) in [5.41, 5.74) is 0.522. The lowest BCUT2D eigenvalue weighted by Crippen LogP contribution is -2.57. The van der Waals surface area contributed by atoms with Gasteiger partial charge >= 0.3 is 0 Å². The van der Waals surface area contributed by atoms with Crippen molar-refractivity contribution < 1.29 is 18.8 Å². The van der Waals surface area contributed by atoms with Crippen molar-refractivity contribution in [3.63, 3.8) is 0 Å². The average molecular weight is 541 g/mol. The molecule has 0 unspecified atom stereocenters. The Bertz CT molecular complexity index is 1290. The molecule has 2 aliphatic heterocycles. The summed E-state index contributed by atoms with van der Waals surface area (Å²) in [5, 5.41) is 3.52. The Morgan fingerprint density at radius 3 is 2.41 bits per heavy atom. The second-order valence-corrected chi connectivity index (χ2v) is 10.0. The van der Waals surface area contributed by atoms with Gasteiger partial charge in [0.25, 0.3) is 11.8 Å². The molecule has 10 heteroatoms. The molecule has 2 saturated heterocycles. The lowest BCUT2D eigenvalue weighted by Gasteiger charge is -2.43. The number of para-hydroxylation sites is 1. The second kappa shape index (κ2) is 10.5. The first-order valence-electron chi connectivity index (χ1n) is 12.0. The number of benzene rings is 2. The van der Waals surface area contributed by atoms with Gasteiger partial charge in [-0.1, -0.05) is 41.4 Å². The number of hydrogen-bond donors (Lipinski definition) is 1. The van der Waals surface area contributed by atoms with Crippen LogP contribution < -0.4 is 10.2 Å². The van der Waals surface area contributed by atoms with E-state index in [0.717, 1.165) is 5.69 Å². The Morgan fingerprint density at radius 1 is 0.973 bits per heavy atom. The number of carbonyl (C=O) groups is 3.